The molecule has 0 bridgehead atoms. The molecule has 0 aromatic heterocycles. The fraction of sp³-hybridized carbons (Fsp3) is 0.550. The molecular formula is C20H28N5O11-. The Bertz CT molecular complexity index is 857. The normalized spacial score (nSPS) is 13.1. The van der Waals surface area contributed by atoms with Crippen LogP contribution in [0.5, 0.6) is 0 Å². The van der Waals surface area contributed by atoms with Gasteiger partial charge in [0, 0.05) is 58.0 Å². The van der Waals surface area contributed by atoms with Gasteiger partial charge < -0.3 is 30.5 Å². The van der Waals surface area contributed by atoms with E-state index in [1.807, 2.05) is 0 Å². The molecule has 0 unspecified atom stereocenters. The van der Waals surface area contributed by atoms with Crippen LogP contribution in [0.1, 0.15) is 0 Å². The van der Waals surface area contributed by atoms with Gasteiger partial charge in [0.15, 0.2) is 0 Å². The van der Waals surface area contributed by atoms with Crippen LogP contribution in [0.25, 0.3) is 0 Å². The summed E-state index contributed by atoms with van der Waals surface area (Å²) in [6, 6.07) is 0. The lowest BCUT2D eigenvalue weighted by Gasteiger charge is -2.28. The average Bonchev–Trinajstić information content (AvgIpc) is 3.05. The van der Waals surface area contributed by atoms with Crippen molar-refractivity contribution < 1.29 is 54.0 Å². The number of nitrogens with zero attached hydrogens (tertiary/aromatic N) is 4. The summed E-state index contributed by atoms with van der Waals surface area (Å²) in [4.78, 5) is 83.9. The van der Waals surface area contributed by atoms with Gasteiger partial charge >= 0.3 is 17.9 Å². The topological polar surface area (TPSA) is 228 Å². The van der Waals surface area contributed by atoms with Crippen molar-refractivity contribution in [2.45, 2.75) is 0 Å². The minimum Gasteiger partial charge on any atom is -0.549 e. The van der Waals surface area contributed by atoms with Gasteiger partial charge in [-0.1, -0.05) is 0 Å². The standard InChI is InChI=1S/C20H29N5O11/c26-14(21-3-4-25-15(27)1-2-16(25)28)9-23(11-18(31)32)7-5-22(10-17(29)30)6-8-24(12-19(33)34)13-20(35)36/h1-2H,3-13H2,(H,21,26)(H,29,30)(H,31,32)(H,33,34)(H,35,36)/p-1. The van der Waals surface area contributed by atoms with E-state index in [0.717, 1.165) is 22.0 Å². The van der Waals surface area contributed by atoms with Crippen LogP contribution in [0.2, 0.25) is 0 Å². The largest absolute Gasteiger partial charge is 0.549 e. The zero-order chi connectivity index (χ0) is 27.3. The van der Waals surface area contributed by atoms with Gasteiger partial charge in [-0.05, 0) is 0 Å². The van der Waals surface area contributed by atoms with Crippen LogP contribution in [0.15, 0.2) is 12.2 Å². The van der Waals surface area contributed by atoms with Crippen molar-refractivity contribution in [3.05, 3.63) is 12.2 Å². The summed E-state index contributed by atoms with van der Waals surface area (Å²) in [5, 5.41) is 40.5. The molecule has 0 saturated heterocycles. The molecule has 0 atom stereocenters. The Hall–Kier alpha value is -3.89. The van der Waals surface area contributed by atoms with Gasteiger partial charge in [-0.3, -0.25) is 48.4 Å². The third-order valence-corrected chi connectivity index (χ3v) is 4.82. The second-order valence-corrected chi connectivity index (χ2v) is 7.76. The molecule has 200 valence electrons. The molecule has 36 heavy (non-hydrogen) atoms. The van der Waals surface area contributed by atoms with Crippen molar-refractivity contribution in [2.75, 3.05) is 72.0 Å². The first-order valence-electron chi connectivity index (χ1n) is 10.7. The van der Waals surface area contributed by atoms with Gasteiger partial charge in [0.25, 0.3) is 11.8 Å². The highest BCUT2D eigenvalue weighted by atomic mass is 16.4. The SMILES string of the molecule is O=C([O-])CN(CCN(CCN(CC(=O)O)CC(=O)NCCN1C(=O)C=CC1=O)CC(=O)O)CC(=O)O. The Morgan fingerprint density at radius 2 is 1.14 bits per heavy atom. The van der Waals surface area contributed by atoms with Crippen molar-refractivity contribution in [2.24, 2.45) is 0 Å². The maximum absolute atomic E-state index is 12.2. The molecule has 16 heteroatoms. The van der Waals surface area contributed by atoms with E-state index < -0.39 is 67.8 Å². The number of hydrogen-bond donors (Lipinski definition) is 4. The van der Waals surface area contributed by atoms with Crippen molar-refractivity contribution in [1.82, 2.24) is 24.9 Å². The summed E-state index contributed by atoms with van der Waals surface area (Å²) in [7, 11) is 0. The smallest absolute Gasteiger partial charge is 0.317 e. The van der Waals surface area contributed by atoms with Gasteiger partial charge in [0.05, 0.1) is 32.1 Å². The average molecular weight is 514 g/mol. The second-order valence-electron chi connectivity index (χ2n) is 7.76. The second kappa shape index (κ2) is 15.2. The first-order chi connectivity index (χ1) is 16.9. The summed E-state index contributed by atoms with van der Waals surface area (Å²) < 4.78 is 0. The van der Waals surface area contributed by atoms with Crippen LogP contribution >= 0.6 is 0 Å². The molecule has 0 aliphatic carbocycles. The van der Waals surface area contributed by atoms with E-state index in [0.29, 0.717) is 0 Å². The Labute approximate surface area is 205 Å². The molecule has 0 radical (unpaired) electrons. The molecule has 16 nitrogen and oxygen atoms in total. The fourth-order valence-electron chi connectivity index (χ4n) is 3.24. The van der Waals surface area contributed by atoms with Crippen LogP contribution < -0.4 is 10.4 Å². The number of aliphatic carboxylic acids is 4. The Morgan fingerprint density at radius 1 is 0.722 bits per heavy atom. The molecule has 0 aromatic rings. The Morgan fingerprint density at radius 3 is 1.58 bits per heavy atom. The summed E-state index contributed by atoms with van der Waals surface area (Å²) in [5.41, 5.74) is 0. The van der Waals surface area contributed by atoms with Crippen LogP contribution in [-0.4, -0.2) is 149 Å². The first kappa shape index (κ1) is 30.1. The molecule has 4 N–H and O–H groups in total. The number of hydrogen-bond acceptors (Lipinski definition) is 11. The Balaban J connectivity index is 2.64. The molecule has 1 aliphatic rings. The zero-order valence-corrected chi connectivity index (χ0v) is 19.3. The van der Waals surface area contributed by atoms with E-state index in [1.165, 1.54) is 9.80 Å². The maximum atomic E-state index is 12.2. The van der Waals surface area contributed by atoms with Crippen LogP contribution in [0.3, 0.4) is 0 Å². The summed E-state index contributed by atoms with van der Waals surface area (Å²) >= 11 is 0. The molecule has 3 amide bonds. The molecule has 1 heterocycles. The third-order valence-electron chi connectivity index (χ3n) is 4.82. The summed E-state index contributed by atoms with van der Waals surface area (Å²) in [5.74, 6) is -6.86. The van der Waals surface area contributed by atoms with Crippen molar-refractivity contribution in [3.8, 4) is 0 Å². The number of carbonyl (C=O) groups excluding carboxylic acids is 4. The quantitative estimate of drug-likeness (QED) is 0.118. The van der Waals surface area contributed by atoms with Gasteiger partial charge in [-0.2, -0.15) is 0 Å². The number of carbonyl (C=O) groups is 7. The van der Waals surface area contributed by atoms with Crippen LogP contribution in [-0.2, 0) is 33.6 Å². The summed E-state index contributed by atoms with van der Waals surface area (Å²) in [6.07, 6.45) is 2.20. The monoisotopic (exact) mass is 514 g/mol. The van der Waals surface area contributed by atoms with E-state index in [1.54, 1.807) is 0 Å². The molecule has 0 spiro atoms. The van der Waals surface area contributed by atoms with Crippen molar-refractivity contribution >= 4 is 41.6 Å². The molecule has 0 saturated carbocycles. The van der Waals surface area contributed by atoms with Gasteiger partial charge in [0.1, 0.15) is 0 Å². The Kier molecular flexibility index (Phi) is 12.7. The lowest BCUT2D eigenvalue weighted by atomic mass is 10.3. The molecule has 1 rings (SSSR count). The van der Waals surface area contributed by atoms with E-state index >= 15 is 0 Å². The number of carboxylic acid groups (broad SMARTS) is 4. The van der Waals surface area contributed by atoms with Gasteiger partial charge in [-0.15, -0.1) is 0 Å². The number of amides is 3. The van der Waals surface area contributed by atoms with Crippen molar-refractivity contribution in [3.63, 3.8) is 0 Å². The van der Waals surface area contributed by atoms with E-state index in [-0.39, 0.29) is 45.8 Å². The number of rotatable bonds is 19. The number of nitrogens with one attached hydrogen (secondary N) is 1. The summed E-state index contributed by atoms with van der Waals surface area (Å²) in [6.45, 7) is -3.06. The lowest BCUT2D eigenvalue weighted by molar-refractivity contribution is -0.306. The predicted molar refractivity (Wildman–Crippen MR) is 116 cm³/mol. The van der Waals surface area contributed by atoms with Crippen molar-refractivity contribution in [1.29, 1.82) is 0 Å². The maximum Gasteiger partial charge on any atom is 0.317 e. The van der Waals surface area contributed by atoms with E-state index in [4.69, 9.17) is 15.3 Å². The van der Waals surface area contributed by atoms with E-state index in [9.17, 15) is 38.7 Å². The molecule has 1 aliphatic heterocycles. The number of imide groups is 1. The van der Waals surface area contributed by atoms with Gasteiger partial charge in [0.2, 0.25) is 5.91 Å². The van der Waals surface area contributed by atoms with E-state index in [2.05, 4.69) is 5.32 Å². The predicted octanol–water partition coefficient (Wildman–Crippen LogP) is -5.06. The molecule has 0 fully saturated rings. The molecular weight excluding hydrogens is 486 g/mol. The highest BCUT2D eigenvalue weighted by Gasteiger charge is 2.23. The number of carboxylic acids is 4. The third kappa shape index (κ3) is 12.5. The zero-order valence-electron chi connectivity index (χ0n) is 19.3. The van der Waals surface area contributed by atoms with Crippen LogP contribution in [0, 0.1) is 0 Å². The highest BCUT2D eigenvalue weighted by molar-refractivity contribution is 6.12. The van der Waals surface area contributed by atoms with Gasteiger partial charge in [-0.25, -0.2) is 0 Å². The highest BCUT2D eigenvalue weighted by Crippen LogP contribution is 2.02. The minimum absolute atomic E-state index is 0.0262. The minimum atomic E-state index is -1.51. The fourth-order valence-corrected chi connectivity index (χ4v) is 3.24. The lowest BCUT2D eigenvalue weighted by Crippen LogP contribution is -2.48. The first-order valence-corrected chi connectivity index (χ1v) is 10.7. The van der Waals surface area contributed by atoms with Crippen LogP contribution in [0.4, 0.5) is 0 Å². The molecule has 0 aromatic carbocycles.